The Labute approximate surface area is 241 Å². The van der Waals surface area contributed by atoms with Crippen LogP contribution in [0.4, 0.5) is 0 Å². The van der Waals surface area contributed by atoms with E-state index < -0.39 is 43.4 Å². The molecule has 0 aromatic carbocycles. The molecule has 0 spiro atoms. The van der Waals surface area contributed by atoms with Crippen LogP contribution >= 0.6 is 0 Å². The van der Waals surface area contributed by atoms with Gasteiger partial charge in [0.2, 0.25) is 0 Å². The number of ether oxygens (including phenoxy) is 2. The van der Waals surface area contributed by atoms with E-state index in [1.54, 1.807) is 0 Å². The molecular weight excluding hydrogens is 508 g/mol. The van der Waals surface area contributed by atoms with Crippen LogP contribution in [0.2, 0.25) is 0 Å². The fourth-order valence-corrected chi connectivity index (χ4v) is 10.1. The topological polar surface area (TPSA) is 120 Å². The maximum absolute atomic E-state index is 11.7. The predicted molar refractivity (Wildman–Crippen MR) is 153 cm³/mol. The number of hydrogen-bond acceptors (Lipinski definition) is 7. The Morgan fingerprint density at radius 3 is 2.38 bits per heavy atom. The first kappa shape index (κ1) is 30.9. The molecule has 3 saturated carbocycles. The predicted octanol–water partition coefficient (Wildman–Crippen LogP) is 4.18. The van der Waals surface area contributed by atoms with Gasteiger partial charge in [0, 0.05) is 0 Å². The second kappa shape index (κ2) is 11.9. The lowest BCUT2D eigenvalue weighted by Crippen LogP contribution is -2.60. The van der Waals surface area contributed by atoms with Gasteiger partial charge in [-0.15, -0.1) is 0 Å². The molecule has 7 nitrogen and oxygen atoms in total. The van der Waals surface area contributed by atoms with Gasteiger partial charge in [-0.25, -0.2) is 0 Å². The molecule has 1 saturated heterocycles. The van der Waals surface area contributed by atoms with Crippen LogP contribution in [0.3, 0.4) is 0 Å². The molecule has 230 valence electrons. The molecule has 5 N–H and O–H groups in total. The van der Waals surface area contributed by atoms with Gasteiger partial charge in [-0.1, -0.05) is 65.5 Å². The number of aliphatic hydroxyl groups excluding tert-OH is 5. The van der Waals surface area contributed by atoms with E-state index in [2.05, 4.69) is 40.7 Å². The molecule has 5 aliphatic rings. The van der Waals surface area contributed by atoms with Crippen molar-refractivity contribution in [3.8, 4) is 0 Å². The highest BCUT2D eigenvalue weighted by molar-refractivity contribution is 5.28. The highest BCUT2D eigenvalue weighted by Gasteiger charge is 2.61. The highest BCUT2D eigenvalue weighted by Crippen LogP contribution is 2.67. The van der Waals surface area contributed by atoms with Gasteiger partial charge >= 0.3 is 0 Å². The quantitative estimate of drug-likeness (QED) is 0.281. The van der Waals surface area contributed by atoms with Crippen LogP contribution < -0.4 is 0 Å². The van der Waals surface area contributed by atoms with E-state index in [4.69, 9.17) is 9.47 Å². The lowest BCUT2D eigenvalue weighted by Gasteiger charge is -2.59. The Bertz CT molecular complexity index is 905. The Morgan fingerprint density at radius 2 is 1.68 bits per heavy atom. The monoisotopic (exact) mass is 564 g/mol. The summed E-state index contributed by atoms with van der Waals surface area (Å²) >= 11 is 0. The first-order valence-corrected chi connectivity index (χ1v) is 16.3. The number of aliphatic hydroxyl groups is 5. The SMILES string of the molecule is CC(C)CCC[C@@H](C)[C@H]1CCC2C3C(CC[C@@]21C)[C@@]1(C)CCC(O[C@H]2O[C@H](CO)[C@@H](O)[C@H](O)[C@@H]2O)CC1=C[C@H]3O. The number of rotatable bonds is 8. The molecule has 1 heterocycles. The van der Waals surface area contributed by atoms with Crippen LogP contribution in [0.5, 0.6) is 0 Å². The molecule has 14 atom stereocenters. The van der Waals surface area contributed by atoms with E-state index in [0.29, 0.717) is 29.6 Å². The van der Waals surface area contributed by atoms with Gasteiger partial charge in [0.1, 0.15) is 24.4 Å². The van der Waals surface area contributed by atoms with Crippen molar-refractivity contribution in [3.05, 3.63) is 11.6 Å². The normalized spacial score (nSPS) is 49.7. The van der Waals surface area contributed by atoms with Crippen LogP contribution in [0.1, 0.15) is 98.8 Å². The van der Waals surface area contributed by atoms with E-state index in [1.165, 1.54) is 44.1 Å². The van der Waals surface area contributed by atoms with Gasteiger partial charge in [-0.05, 0) is 91.3 Å². The molecule has 40 heavy (non-hydrogen) atoms. The maximum atomic E-state index is 11.7. The van der Waals surface area contributed by atoms with E-state index in [9.17, 15) is 25.5 Å². The third kappa shape index (κ3) is 5.35. The lowest BCUT2D eigenvalue weighted by atomic mass is 9.46. The second-order valence-electron chi connectivity index (χ2n) is 15.1. The van der Waals surface area contributed by atoms with Crippen molar-refractivity contribution >= 4 is 0 Å². The Morgan fingerprint density at radius 1 is 0.925 bits per heavy atom. The van der Waals surface area contributed by atoms with Gasteiger partial charge < -0.3 is 35.0 Å². The molecule has 7 heteroatoms. The fraction of sp³-hybridized carbons (Fsp3) is 0.939. The first-order chi connectivity index (χ1) is 18.9. The molecule has 4 aliphatic carbocycles. The molecule has 0 aromatic heterocycles. The van der Waals surface area contributed by atoms with Crippen LogP contribution in [-0.4, -0.2) is 75.1 Å². The van der Waals surface area contributed by atoms with Gasteiger partial charge in [-0.2, -0.15) is 0 Å². The average Bonchev–Trinajstić information content (AvgIpc) is 3.26. The summed E-state index contributed by atoms with van der Waals surface area (Å²) in [6.07, 6.45) is 6.47. The van der Waals surface area contributed by atoms with E-state index in [0.717, 1.165) is 37.0 Å². The summed E-state index contributed by atoms with van der Waals surface area (Å²) in [7, 11) is 0. The maximum Gasteiger partial charge on any atom is 0.186 e. The third-order valence-electron chi connectivity index (χ3n) is 12.5. The highest BCUT2D eigenvalue weighted by atomic mass is 16.7. The zero-order valence-corrected chi connectivity index (χ0v) is 25.4. The van der Waals surface area contributed by atoms with Crippen molar-refractivity contribution in [2.24, 2.45) is 46.3 Å². The van der Waals surface area contributed by atoms with E-state index in [1.807, 2.05) is 0 Å². The molecule has 1 aliphatic heterocycles. The molecular formula is C33H56O7. The summed E-state index contributed by atoms with van der Waals surface area (Å²) in [6.45, 7) is 11.6. The fourth-order valence-electron chi connectivity index (χ4n) is 10.1. The van der Waals surface area contributed by atoms with Gasteiger partial charge in [0.05, 0.1) is 18.8 Å². The van der Waals surface area contributed by atoms with Crippen molar-refractivity contribution in [2.75, 3.05) is 6.61 Å². The zero-order chi connectivity index (χ0) is 29.0. The van der Waals surface area contributed by atoms with Crippen molar-refractivity contribution in [3.63, 3.8) is 0 Å². The average molecular weight is 565 g/mol. The minimum absolute atomic E-state index is 0.0292. The molecule has 5 rings (SSSR count). The van der Waals surface area contributed by atoms with Crippen molar-refractivity contribution in [2.45, 2.75) is 142 Å². The second-order valence-corrected chi connectivity index (χ2v) is 15.1. The van der Waals surface area contributed by atoms with E-state index in [-0.39, 0.29) is 11.5 Å². The number of fused-ring (bicyclic) bond motifs is 5. The Hall–Kier alpha value is -0.540. The van der Waals surface area contributed by atoms with Crippen LogP contribution in [0.25, 0.3) is 0 Å². The molecule has 0 amide bonds. The third-order valence-corrected chi connectivity index (χ3v) is 12.5. The van der Waals surface area contributed by atoms with Gasteiger partial charge in [0.15, 0.2) is 6.29 Å². The van der Waals surface area contributed by atoms with Crippen LogP contribution in [0.15, 0.2) is 11.6 Å². The zero-order valence-electron chi connectivity index (χ0n) is 25.4. The summed E-state index contributed by atoms with van der Waals surface area (Å²) in [5, 5.41) is 52.0. The molecule has 0 radical (unpaired) electrons. The molecule has 4 fully saturated rings. The van der Waals surface area contributed by atoms with Crippen LogP contribution in [0, 0.1) is 46.3 Å². The smallest absolute Gasteiger partial charge is 0.186 e. The lowest BCUT2D eigenvalue weighted by molar-refractivity contribution is -0.313. The summed E-state index contributed by atoms with van der Waals surface area (Å²) in [5.41, 5.74) is 1.59. The van der Waals surface area contributed by atoms with E-state index >= 15 is 0 Å². The summed E-state index contributed by atoms with van der Waals surface area (Å²) < 4.78 is 11.8. The van der Waals surface area contributed by atoms with Crippen LogP contribution in [-0.2, 0) is 9.47 Å². The minimum Gasteiger partial charge on any atom is -0.394 e. The van der Waals surface area contributed by atoms with Crippen molar-refractivity contribution in [1.82, 2.24) is 0 Å². The van der Waals surface area contributed by atoms with Crippen molar-refractivity contribution < 1.29 is 35.0 Å². The molecule has 0 bridgehead atoms. The Kier molecular flexibility index (Phi) is 9.16. The van der Waals surface area contributed by atoms with Gasteiger partial charge in [-0.3, -0.25) is 0 Å². The molecule has 4 unspecified atom stereocenters. The summed E-state index contributed by atoms with van der Waals surface area (Å²) in [6, 6.07) is 0. The number of hydrogen-bond donors (Lipinski definition) is 5. The summed E-state index contributed by atoms with van der Waals surface area (Å²) in [4.78, 5) is 0. The summed E-state index contributed by atoms with van der Waals surface area (Å²) in [5.74, 6) is 3.59. The largest absolute Gasteiger partial charge is 0.394 e. The van der Waals surface area contributed by atoms with Crippen molar-refractivity contribution in [1.29, 1.82) is 0 Å². The molecule has 0 aromatic rings. The van der Waals surface area contributed by atoms with Gasteiger partial charge in [0.25, 0.3) is 0 Å². The Balaban J connectivity index is 1.28. The minimum atomic E-state index is -1.44. The first-order valence-electron chi connectivity index (χ1n) is 16.3. The standard InChI is InChI=1S/C33H56O7/c1-18(2)7-6-8-19(3)22-9-10-23-27-24(12-14-33(22,23)5)32(4)13-11-21(15-20(32)16-25(27)35)39-31-30(38)29(37)28(36)26(17-34)40-31/h16,18-19,21-31,34-38H,6-15,17H2,1-5H3/t19-,21?,22-,23?,24?,25-,26-,27?,28-,29+,30+,31+,32+,33-/m1/s1.